The number of anilines is 1. The fraction of sp³-hybridized carbons (Fsp3) is 0.136. The second kappa shape index (κ2) is 9.07. The van der Waals surface area contributed by atoms with E-state index in [4.69, 9.17) is 0 Å². The molecule has 164 valence electrons. The normalized spacial score (nSPS) is 11.8. The zero-order chi connectivity index (χ0) is 22.9. The van der Waals surface area contributed by atoms with E-state index in [0.29, 0.717) is 10.7 Å². The molecule has 0 bridgehead atoms. The number of halogens is 1. The maximum atomic E-state index is 13.5. The number of hydrogen-bond donors (Lipinski definition) is 0. The lowest BCUT2D eigenvalue weighted by Crippen LogP contribution is -2.30. The standard InChI is InChI=1S/C22H19BrN4O3S2/c1-26(2)32(29,30)18-8-5-16(6-9-18)21(28)27(14-15-4-3-11-24-13-15)22-25-19-10-7-17(23)12-20(19)31-22/h3-13H,14H2,1-2H3. The minimum absolute atomic E-state index is 0.127. The van der Waals surface area contributed by atoms with Gasteiger partial charge in [0.25, 0.3) is 5.91 Å². The molecule has 0 fully saturated rings. The van der Waals surface area contributed by atoms with Crippen LogP contribution < -0.4 is 4.90 Å². The Hall–Kier alpha value is -2.66. The van der Waals surface area contributed by atoms with Crippen LogP contribution >= 0.6 is 27.3 Å². The molecular formula is C22H19BrN4O3S2. The lowest BCUT2D eigenvalue weighted by Gasteiger charge is -2.20. The average molecular weight is 531 g/mol. The van der Waals surface area contributed by atoms with E-state index in [1.165, 1.54) is 49.7 Å². The van der Waals surface area contributed by atoms with Crippen LogP contribution in [-0.4, -0.2) is 42.7 Å². The number of thiazole rings is 1. The summed E-state index contributed by atoms with van der Waals surface area (Å²) in [7, 11) is -0.641. The van der Waals surface area contributed by atoms with Gasteiger partial charge in [-0.15, -0.1) is 0 Å². The molecule has 10 heteroatoms. The number of benzene rings is 2. The van der Waals surface area contributed by atoms with Crippen molar-refractivity contribution in [3.8, 4) is 0 Å². The Kier molecular flexibility index (Phi) is 6.38. The Balaban J connectivity index is 1.73. The Morgan fingerprint density at radius 1 is 1.09 bits per heavy atom. The van der Waals surface area contributed by atoms with Gasteiger partial charge >= 0.3 is 0 Å². The molecule has 2 heterocycles. The SMILES string of the molecule is CN(C)S(=O)(=O)c1ccc(C(=O)N(Cc2cccnc2)c2nc3ccc(Br)cc3s2)cc1. The van der Waals surface area contributed by atoms with Gasteiger partial charge in [-0.3, -0.25) is 14.7 Å². The van der Waals surface area contributed by atoms with E-state index in [9.17, 15) is 13.2 Å². The molecule has 0 atom stereocenters. The predicted molar refractivity (Wildman–Crippen MR) is 129 cm³/mol. The van der Waals surface area contributed by atoms with Gasteiger partial charge in [0.05, 0.1) is 21.7 Å². The summed E-state index contributed by atoms with van der Waals surface area (Å²) in [6.07, 6.45) is 3.38. The van der Waals surface area contributed by atoms with Crippen molar-refractivity contribution in [2.45, 2.75) is 11.4 Å². The molecule has 0 aliphatic heterocycles. The van der Waals surface area contributed by atoms with Crippen LogP contribution in [0, 0.1) is 0 Å². The first-order valence-electron chi connectivity index (χ1n) is 9.55. The fourth-order valence-electron chi connectivity index (χ4n) is 3.04. The molecular weight excluding hydrogens is 512 g/mol. The van der Waals surface area contributed by atoms with Crippen molar-refractivity contribution >= 4 is 58.5 Å². The van der Waals surface area contributed by atoms with Gasteiger partial charge in [-0.1, -0.05) is 33.3 Å². The van der Waals surface area contributed by atoms with Gasteiger partial charge in [0.15, 0.2) is 5.13 Å². The Morgan fingerprint density at radius 2 is 1.84 bits per heavy atom. The van der Waals surface area contributed by atoms with Crippen LogP contribution in [0.4, 0.5) is 5.13 Å². The minimum atomic E-state index is -3.58. The van der Waals surface area contributed by atoms with E-state index in [1.54, 1.807) is 17.3 Å². The summed E-state index contributed by atoms with van der Waals surface area (Å²) in [5, 5.41) is 0.553. The van der Waals surface area contributed by atoms with E-state index >= 15 is 0 Å². The first-order chi connectivity index (χ1) is 15.3. The van der Waals surface area contributed by atoms with Crippen molar-refractivity contribution in [1.29, 1.82) is 0 Å². The Labute approximate surface area is 198 Å². The lowest BCUT2D eigenvalue weighted by molar-refractivity contribution is 0.0985. The molecule has 32 heavy (non-hydrogen) atoms. The molecule has 0 saturated carbocycles. The van der Waals surface area contributed by atoms with Gasteiger partial charge in [0, 0.05) is 36.5 Å². The van der Waals surface area contributed by atoms with Gasteiger partial charge in [-0.25, -0.2) is 17.7 Å². The number of nitrogens with zero attached hydrogens (tertiary/aromatic N) is 4. The summed E-state index contributed by atoms with van der Waals surface area (Å²) < 4.78 is 27.7. The first kappa shape index (κ1) is 22.5. The molecule has 1 amide bonds. The molecule has 7 nitrogen and oxygen atoms in total. The van der Waals surface area contributed by atoms with Gasteiger partial charge < -0.3 is 0 Å². The highest BCUT2D eigenvalue weighted by atomic mass is 79.9. The largest absolute Gasteiger partial charge is 0.279 e. The quantitative estimate of drug-likeness (QED) is 0.365. The van der Waals surface area contributed by atoms with Crippen LogP contribution in [0.5, 0.6) is 0 Å². The Bertz CT molecular complexity index is 1370. The number of fused-ring (bicyclic) bond motifs is 1. The van der Waals surface area contributed by atoms with Gasteiger partial charge in [-0.2, -0.15) is 0 Å². The monoisotopic (exact) mass is 530 g/mol. The third-order valence-electron chi connectivity index (χ3n) is 4.76. The van der Waals surface area contributed by atoms with E-state index in [2.05, 4.69) is 25.9 Å². The number of pyridine rings is 1. The topological polar surface area (TPSA) is 83.5 Å². The van der Waals surface area contributed by atoms with Gasteiger partial charge in [-0.05, 0) is 54.1 Å². The van der Waals surface area contributed by atoms with E-state index in [1.807, 2.05) is 30.3 Å². The maximum Gasteiger partial charge on any atom is 0.260 e. The van der Waals surface area contributed by atoms with Crippen LogP contribution in [0.3, 0.4) is 0 Å². The number of amides is 1. The molecule has 0 aliphatic rings. The minimum Gasteiger partial charge on any atom is -0.279 e. The van der Waals surface area contributed by atoms with Crippen molar-refractivity contribution in [2.24, 2.45) is 0 Å². The van der Waals surface area contributed by atoms with Crippen LogP contribution in [0.25, 0.3) is 10.2 Å². The number of carbonyl (C=O) groups is 1. The average Bonchev–Trinajstić information content (AvgIpc) is 3.20. The van der Waals surface area contributed by atoms with Gasteiger partial charge in [0.1, 0.15) is 0 Å². The molecule has 2 aromatic carbocycles. The number of rotatable bonds is 6. The summed E-state index contributed by atoms with van der Waals surface area (Å²) in [5.41, 5.74) is 2.02. The second-order valence-electron chi connectivity index (χ2n) is 7.17. The smallest absolute Gasteiger partial charge is 0.260 e. The number of hydrogen-bond acceptors (Lipinski definition) is 6. The van der Waals surface area contributed by atoms with E-state index in [-0.39, 0.29) is 17.3 Å². The number of sulfonamides is 1. The molecule has 0 saturated heterocycles. The van der Waals surface area contributed by atoms with E-state index < -0.39 is 10.0 Å². The zero-order valence-corrected chi connectivity index (χ0v) is 20.5. The van der Waals surface area contributed by atoms with Crippen LogP contribution in [0.2, 0.25) is 0 Å². The summed E-state index contributed by atoms with van der Waals surface area (Å²) in [6.45, 7) is 0.283. The lowest BCUT2D eigenvalue weighted by atomic mass is 10.2. The summed E-state index contributed by atoms with van der Waals surface area (Å²) in [4.78, 5) is 24.0. The molecule has 0 spiro atoms. The highest BCUT2D eigenvalue weighted by molar-refractivity contribution is 9.10. The summed E-state index contributed by atoms with van der Waals surface area (Å²) in [6, 6.07) is 15.4. The Morgan fingerprint density at radius 3 is 2.50 bits per heavy atom. The molecule has 2 aromatic heterocycles. The predicted octanol–water partition coefficient (Wildman–Crippen LogP) is 4.55. The first-order valence-corrected chi connectivity index (χ1v) is 12.6. The summed E-state index contributed by atoms with van der Waals surface area (Å²) >= 11 is 4.88. The van der Waals surface area contributed by atoms with Crippen molar-refractivity contribution in [2.75, 3.05) is 19.0 Å². The number of aromatic nitrogens is 2. The number of carbonyl (C=O) groups excluding carboxylic acids is 1. The highest BCUT2D eigenvalue weighted by Crippen LogP contribution is 2.32. The molecule has 0 aliphatic carbocycles. The highest BCUT2D eigenvalue weighted by Gasteiger charge is 2.23. The maximum absolute atomic E-state index is 13.5. The molecule has 0 radical (unpaired) electrons. The molecule has 0 unspecified atom stereocenters. The summed E-state index contributed by atoms with van der Waals surface area (Å²) in [5.74, 6) is -0.277. The van der Waals surface area contributed by atoms with Crippen LogP contribution in [0.1, 0.15) is 15.9 Å². The third-order valence-corrected chi connectivity index (χ3v) is 8.12. The van der Waals surface area contributed by atoms with Crippen molar-refractivity contribution in [3.63, 3.8) is 0 Å². The zero-order valence-electron chi connectivity index (χ0n) is 17.3. The van der Waals surface area contributed by atoms with Crippen molar-refractivity contribution in [3.05, 3.63) is 82.6 Å². The molecule has 4 aromatic rings. The van der Waals surface area contributed by atoms with Crippen LogP contribution in [0.15, 0.2) is 76.4 Å². The van der Waals surface area contributed by atoms with Gasteiger partial charge in [0.2, 0.25) is 10.0 Å². The fourth-order valence-corrected chi connectivity index (χ4v) is 5.46. The second-order valence-corrected chi connectivity index (χ2v) is 11.2. The van der Waals surface area contributed by atoms with Crippen LogP contribution in [-0.2, 0) is 16.6 Å². The molecule has 0 N–H and O–H groups in total. The van der Waals surface area contributed by atoms with E-state index in [0.717, 1.165) is 24.6 Å². The molecule has 4 rings (SSSR count). The third kappa shape index (κ3) is 4.58. The van der Waals surface area contributed by atoms with Crippen molar-refractivity contribution < 1.29 is 13.2 Å². The van der Waals surface area contributed by atoms with Crippen molar-refractivity contribution in [1.82, 2.24) is 14.3 Å².